The SMILES string of the molecule is COC(=O)C(C#N)=Cc1ccc(OCCCCCCO)cc1. The van der Waals surface area contributed by atoms with Gasteiger partial charge in [-0.15, -0.1) is 0 Å². The van der Waals surface area contributed by atoms with Crippen molar-refractivity contribution in [1.82, 2.24) is 0 Å². The number of nitriles is 1. The molecule has 1 aromatic rings. The zero-order valence-corrected chi connectivity index (χ0v) is 12.7. The molecule has 1 N–H and O–H groups in total. The zero-order valence-electron chi connectivity index (χ0n) is 12.7. The lowest BCUT2D eigenvalue weighted by atomic mass is 10.1. The molecule has 0 unspecified atom stereocenters. The van der Waals surface area contributed by atoms with E-state index in [1.54, 1.807) is 24.3 Å². The summed E-state index contributed by atoms with van der Waals surface area (Å²) in [4.78, 5) is 11.3. The second-order valence-corrected chi connectivity index (χ2v) is 4.72. The average molecular weight is 303 g/mol. The first-order valence-electron chi connectivity index (χ1n) is 7.25. The Morgan fingerprint density at radius 1 is 1.23 bits per heavy atom. The van der Waals surface area contributed by atoms with Crippen LogP contribution >= 0.6 is 0 Å². The number of rotatable bonds is 9. The number of carbonyl (C=O) groups is 1. The predicted molar refractivity (Wildman–Crippen MR) is 83.1 cm³/mol. The van der Waals surface area contributed by atoms with Crippen LogP contribution in [0.3, 0.4) is 0 Å². The Morgan fingerprint density at radius 2 is 1.91 bits per heavy atom. The quantitative estimate of drug-likeness (QED) is 0.328. The third-order valence-corrected chi connectivity index (χ3v) is 3.04. The van der Waals surface area contributed by atoms with Gasteiger partial charge in [-0.25, -0.2) is 4.79 Å². The first-order chi connectivity index (χ1) is 10.7. The Labute approximate surface area is 130 Å². The smallest absolute Gasteiger partial charge is 0.348 e. The molecule has 0 fully saturated rings. The summed E-state index contributed by atoms with van der Waals surface area (Å²) >= 11 is 0. The van der Waals surface area contributed by atoms with Crippen LogP contribution in [-0.2, 0) is 9.53 Å². The van der Waals surface area contributed by atoms with Crippen molar-refractivity contribution in [2.75, 3.05) is 20.3 Å². The topological polar surface area (TPSA) is 79.6 Å². The molecular formula is C17H21NO4. The van der Waals surface area contributed by atoms with Crippen LogP contribution < -0.4 is 4.74 Å². The van der Waals surface area contributed by atoms with Crippen molar-refractivity contribution >= 4 is 12.0 Å². The van der Waals surface area contributed by atoms with Gasteiger partial charge in [0.2, 0.25) is 0 Å². The first-order valence-corrected chi connectivity index (χ1v) is 7.25. The van der Waals surface area contributed by atoms with E-state index in [1.165, 1.54) is 13.2 Å². The number of carbonyl (C=O) groups excluding carboxylic acids is 1. The molecule has 22 heavy (non-hydrogen) atoms. The summed E-state index contributed by atoms with van der Waals surface area (Å²) in [6.07, 6.45) is 5.30. The van der Waals surface area contributed by atoms with Gasteiger partial charge >= 0.3 is 5.97 Å². The van der Waals surface area contributed by atoms with Crippen molar-refractivity contribution in [3.63, 3.8) is 0 Å². The summed E-state index contributed by atoms with van der Waals surface area (Å²) in [7, 11) is 1.24. The van der Waals surface area contributed by atoms with E-state index in [0.29, 0.717) is 6.61 Å². The Morgan fingerprint density at radius 3 is 2.50 bits per heavy atom. The number of methoxy groups -OCH3 is 1. The number of aliphatic hydroxyl groups is 1. The van der Waals surface area contributed by atoms with Crippen molar-refractivity contribution in [2.24, 2.45) is 0 Å². The predicted octanol–water partition coefficient (Wildman–Crippen LogP) is 2.70. The van der Waals surface area contributed by atoms with Gasteiger partial charge in [-0.1, -0.05) is 18.6 Å². The molecule has 0 radical (unpaired) electrons. The lowest BCUT2D eigenvalue weighted by molar-refractivity contribution is -0.135. The Hall–Kier alpha value is -2.32. The van der Waals surface area contributed by atoms with Crippen LogP contribution in [0.25, 0.3) is 6.08 Å². The van der Waals surface area contributed by atoms with Crippen LogP contribution in [-0.4, -0.2) is 31.4 Å². The van der Waals surface area contributed by atoms with E-state index in [4.69, 9.17) is 15.1 Å². The lowest BCUT2D eigenvalue weighted by Gasteiger charge is -2.06. The third kappa shape index (κ3) is 6.42. The van der Waals surface area contributed by atoms with E-state index >= 15 is 0 Å². The van der Waals surface area contributed by atoms with Gasteiger partial charge < -0.3 is 14.6 Å². The Bertz CT molecular complexity index is 529. The molecule has 118 valence electrons. The van der Waals surface area contributed by atoms with Gasteiger partial charge in [0.25, 0.3) is 0 Å². The molecule has 1 aromatic carbocycles. The molecule has 0 aliphatic heterocycles. The van der Waals surface area contributed by atoms with Crippen molar-refractivity contribution in [3.8, 4) is 11.8 Å². The number of esters is 1. The third-order valence-electron chi connectivity index (χ3n) is 3.04. The highest BCUT2D eigenvalue weighted by Crippen LogP contribution is 2.15. The van der Waals surface area contributed by atoms with E-state index < -0.39 is 5.97 Å². The molecule has 0 bridgehead atoms. The van der Waals surface area contributed by atoms with E-state index in [9.17, 15) is 4.79 Å². The minimum atomic E-state index is -0.647. The molecule has 0 amide bonds. The highest BCUT2D eigenvalue weighted by atomic mass is 16.5. The van der Waals surface area contributed by atoms with Gasteiger partial charge in [0.15, 0.2) is 0 Å². The number of hydrogen-bond donors (Lipinski definition) is 1. The fourth-order valence-electron chi connectivity index (χ4n) is 1.83. The molecule has 0 aliphatic rings. The van der Waals surface area contributed by atoms with Gasteiger partial charge in [-0.3, -0.25) is 0 Å². The van der Waals surface area contributed by atoms with Crippen LogP contribution in [0.4, 0.5) is 0 Å². The highest BCUT2D eigenvalue weighted by molar-refractivity contribution is 5.97. The molecule has 1 rings (SSSR count). The van der Waals surface area contributed by atoms with Crippen molar-refractivity contribution in [3.05, 3.63) is 35.4 Å². The molecule has 0 aliphatic carbocycles. The molecule has 0 spiro atoms. The number of aliphatic hydroxyl groups excluding tert-OH is 1. The summed E-state index contributed by atoms with van der Waals surface area (Å²) in [5.74, 6) is 0.0987. The van der Waals surface area contributed by atoms with E-state index in [0.717, 1.165) is 37.0 Å². The van der Waals surface area contributed by atoms with Gasteiger partial charge in [-0.05, 0) is 43.0 Å². The van der Waals surface area contributed by atoms with Crippen LogP contribution in [0.15, 0.2) is 29.8 Å². The summed E-state index contributed by atoms with van der Waals surface area (Å²) in [6, 6.07) is 8.97. The fraction of sp³-hybridized carbons (Fsp3) is 0.412. The van der Waals surface area contributed by atoms with Crippen LogP contribution in [0.2, 0.25) is 0 Å². The number of benzene rings is 1. The molecule has 0 atom stereocenters. The van der Waals surface area contributed by atoms with E-state index in [1.807, 2.05) is 6.07 Å². The number of ether oxygens (including phenoxy) is 2. The largest absolute Gasteiger partial charge is 0.494 e. The second-order valence-electron chi connectivity index (χ2n) is 4.72. The molecule has 5 nitrogen and oxygen atoms in total. The number of hydrogen-bond acceptors (Lipinski definition) is 5. The minimum absolute atomic E-state index is 0.0416. The Balaban J connectivity index is 2.48. The maximum absolute atomic E-state index is 11.3. The van der Waals surface area contributed by atoms with Gasteiger partial charge in [0, 0.05) is 6.61 Å². The van der Waals surface area contributed by atoms with Crippen molar-refractivity contribution in [2.45, 2.75) is 25.7 Å². The molecule has 0 aromatic heterocycles. The first kappa shape index (κ1) is 17.7. The summed E-state index contributed by atoms with van der Waals surface area (Å²) in [6.45, 7) is 0.873. The standard InChI is InChI=1S/C17H21NO4/c1-21-17(20)15(13-18)12-14-6-8-16(9-7-14)22-11-5-3-2-4-10-19/h6-9,12,19H,2-5,10-11H2,1H3. The van der Waals surface area contributed by atoms with Crippen LogP contribution in [0.5, 0.6) is 5.75 Å². The van der Waals surface area contributed by atoms with Gasteiger partial charge in [0.05, 0.1) is 13.7 Å². The second kappa shape index (κ2) is 10.4. The van der Waals surface area contributed by atoms with Crippen molar-refractivity contribution in [1.29, 1.82) is 5.26 Å². The van der Waals surface area contributed by atoms with E-state index in [2.05, 4.69) is 4.74 Å². The summed E-state index contributed by atoms with van der Waals surface area (Å²) in [5.41, 5.74) is 0.692. The number of nitrogens with zero attached hydrogens (tertiary/aromatic N) is 1. The van der Waals surface area contributed by atoms with Crippen molar-refractivity contribution < 1.29 is 19.4 Å². The lowest BCUT2D eigenvalue weighted by Crippen LogP contribution is -2.02. The Kier molecular flexibility index (Phi) is 8.39. The highest BCUT2D eigenvalue weighted by Gasteiger charge is 2.08. The summed E-state index contributed by atoms with van der Waals surface area (Å²) < 4.78 is 10.1. The van der Waals surface area contributed by atoms with E-state index in [-0.39, 0.29) is 12.2 Å². The maximum Gasteiger partial charge on any atom is 0.348 e. The monoisotopic (exact) mass is 303 g/mol. The minimum Gasteiger partial charge on any atom is -0.494 e. The van der Waals surface area contributed by atoms with Crippen LogP contribution in [0.1, 0.15) is 31.2 Å². The normalized spacial score (nSPS) is 10.9. The molecule has 0 heterocycles. The van der Waals surface area contributed by atoms with Gasteiger partial charge in [-0.2, -0.15) is 5.26 Å². The molecule has 0 saturated heterocycles. The summed E-state index contributed by atoms with van der Waals surface area (Å²) in [5, 5.41) is 17.6. The molecule has 5 heteroatoms. The molecule has 0 saturated carbocycles. The number of unbranched alkanes of at least 4 members (excludes halogenated alkanes) is 3. The molecular weight excluding hydrogens is 282 g/mol. The maximum atomic E-state index is 11.3. The zero-order chi connectivity index (χ0) is 16.2. The average Bonchev–Trinajstić information content (AvgIpc) is 2.56. The van der Waals surface area contributed by atoms with Crippen LogP contribution in [0, 0.1) is 11.3 Å². The fourth-order valence-corrected chi connectivity index (χ4v) is 1.83. The van der Waals surface area contributed by atoms with Gasteiger partial charge in [0.1, 0.15) is 17.4 Å².